The van der Waals surface area contributed by atoms with Gasteiger partial charge >= 0.3 is 0 Å². The van der Waals surface area contributed by atoms with Gasteiger partial charge in [0.15, 0.2) is 11.6 Å². The lowest BCUT2D eigenvalue weighted by Gasteiger charge is -2.37. The summed E-state index contributed by atoms with van der Waals surface area (Å²) < 4.78 is 34.0. The van der Waals surface area contributed by atoms with Crippen molar-refractivity contribution in [3.63, 3.8) is 0 Å². The molecule has 4 heteroatoms. The predicted octanol–water partition coefficient (Wildman–Crippen LogP) is 7.15. The van der Waals surface area contributed by atoms with Crippen LogP contribution < -0.4 is 4.74 Å². The fourth-order valence-electron chi connectivity index (χ4n) is 5.54. The van der Waals surface area contributed by atoms with Crippen LogP contribution in [0.5, 0.6) is 5.75 Å². The van der Waals surface area contributed by atoms with Crippen LogP contribution in [-0.2, 0) is 6.42 Å². The first kappa shape index (κ1) is 21.8. The van der Waals surface area contributed by atoms with Gasteiger partial charge in [-0.2, -0.15) is 4.39 Å². The summed E-state index contributed by atoms with van der Waals surface area (Å²) in [6.07, 6.45) is 10.7. The summed E-state index contributed by atoms with van der Waals surface area (Å²) in [4.78, 5) is 0. The molecule has 1 heterocycles. The van der Waals surface area contributed by atoms with Crippen molar-refractivity contribution in [2.24, 2.45) is 17.8 Å². The molecule has 1 aromatic carbocycles. The van der Waals surface area contributed by atoms with Gasteiger partial charge in [0.1, 0.15) is 0 Å². The third-order valence-corrected chi connectivity index (χ3v) is 11.0. The highest BCUT2D eigenvalue weighted by Gasteiger charge is 2.31. The van der Waals surface area contributed by atoms with E-state index in [1.165, 1.54) is 44.9 Å². The Bertz CT molecular complexity index is 605. The monoisotopic (exact) mass is 408 g/mol. The Morgan fingerprint density at radius 3 is 2.21 bits per heavy atom. The maximum absolute atomic E-state index is 14.2. The largest absolute Gasteiger partial charge is 0.490 e. The Hall–Kier alpha value is -0.903. The van der Waals surface area contributed by atoms with E-state index in [0.717, 1.165) is 18.3 Å². The van der Waals surface area contributed by atoms with Crippen molar-refractivity contribution >= 4 is 8.80 Å². The van der Waals surface area contributed by atoms with Crippen molar-refractivity contribution < 1.29 is 13.5 Å². The molecule has 0 amide bonds. The molecule has 158 valence electrons. The first-order valence-electron chi connectivity index (χ1n) is 11.7. The first-order valence-corrected chi connectivity index (χ1v) is 14.2. The molecule has 1 nitrogen and oxygen atoms in total. The van der Waals surface area contributed by atoms with E-state index >= 15 is 0 Å². The summed E-state index contributed by atoms with van der Waals surface area (Å²) in [5.41, 5.74) is 0.449. The maximum atomic E-state index is 14.2. The number of benzene rings is 1. The molecule has 1 saturated carbocycles. The van der Waals surface area contributed by atoms with E-state index in [1.807, 2.05) is 6.92 Å². The van der Waals surface area contributed by atoms with Gasteiger partial charge in [-0.15, -0.1) is 0 Å². The SMILES string of the molecule is CCCc1ccc(OC[C@H]2CC[C@H](C3CC[SiH](CCC)CC3)CC2)c(F)c1F. The van der Waals surface area contributed by atoms with Crippen molar-refractivity contribution in [1.29, 1.82) is 0 Å². The zero-order chi connectivity index (χ0) is 19.9. The van der Waals surface area contributed by atoms with E-state index in [-0.39, 0.29) is 14.5 Å². The van der Waals surface area contributed by atoms with Crippen molar-refractivity contribution in [2.75, 3.05) is 6.61 Å². The van der Waals surface area contributed by atoms with Crippen LogP contribution in [0.4, 0.5) is 8.78 Å². The smallest absolute Gasteiger partial charge is 0.200 e. The van der Waals surface area contributed by atoms with Crippen LogP contribution in [-0.4, -0.2) is 15.4 Å². The van der Waals surface area contributed by atoms with Gasteiger partial charge in [-0.25, -0.2) is 4.39 Å². The number of halogens is 2. The molecule has 0 aromatic heterocycles. The Balaban J connectivity index is 1.42. The minimum absolute atomic E-state index is 0.0821. The van der Waals surface area contributed by atoms with Gasteiger partial charge in [-0.3, -0.25) is 0 Å². The second-order valence-corrected chi connectivity index (χ2v) is 12.7. The highest BCUT2D eigenvalue weighted by molar-refractivity contribution is 6.58. The second kappa shape index (κ2) is 10.8. The Morgan fingerprint density at radius 1 is 0.893 bits per heavy atom. The molecule has 0 atom stereocenters. The average molecular weight is 409 g/mol. The van der Waals surface area contributed by atoms with E-state index in [2.05, 4.69) is 6.92 Å². The van der Waals surface area contributed by atoms with Gasteiger partial charge in [-0.1, -0.05) is 63.7 Å². The first-order chi connectivity index (χ1) is 13.6. The van der Waals surface area contributed by atoms with Crippen LogP contribution in [0.1, 0.15) is 70.8 Å². The number of hydrogen-bond acceptors (Lipinski definition) is 1. The van der Waals surface area contributed by atoms with Crippen LogP contribution in [0.25, 0.3) is 0 Å². The summed E-state index contributed by atoms with van der Waals surface area (Å²) in [5.74, 6) is 0.881. The Labute approximate surface area is 171 Å². The molecule has 0 unspecified atom stereocenters. The van der Waals surface area contributed by atoms with E-state index in [4.69, 9.17) is 4.74 Å². The lowest BCUT2D eigenvalue weighted by atomic mass is 9.74. The molecule has 1 aliphatic carbocycles. The molecule has 1 aliphatic heterocycles. The van der Waals surface area contributed by atoms with Crippen LogP contribution in [0.2, 0.25) is 18.1 Å². The highest BCUT2D eigenvalue weighted by Crippen LogP contribution is 2.41. The van der Waals surface area contributed by atoms with E-state index < -0.39 is 11.6 Å². The van der Waals surface area contributed by atoms with E-state index in [9.17, 15) is 8.78 Å². The molecule has 0 bridgehead atoms. The van der Waals surface area contributed by atoms with Crippen molar-refractivity contribution in [2.45, 2.75) is 89.8 Å². The third-order valence-electron chi connectivity index (χ3n) is 7.27. The minimum Gasteiger partial charge on any atom is -0.490 e. The Kier molecular flexibility index (Phi) is 8.37. The van der Waals surface area contributed by atoms with Crippen LogP contribution in [0, 0.1) is 29.4 Å². The molecule has 0 spiro atoms. The summed E-state index contributed by atoms with van der Waals surface area (Å²) in [5, 5.41) is 0. The molecule has 1 aromatic rings. The third kappa shape index (κ3) is 5.58. The molecule has 1 saturated heterocycles. The number of ether oxygens (including phenoxy) is 1. The van der Waals surface area contributed by atoms with Gasteiger partial charge in [0.2, 0.25) is 5.82 Å². The van der Waals surface area contributed by atoms with Crippen molar-refractivity contribution in [1.82, 2.24) is 0 Å². The van der Waals surface area contributed by atoms with Gasteiger partial charge in [-0.05, 0) is 61.5 Å². The normalized spacial score (nSPS) is 28.3. The second-order valence-electron chi connectivity index (χ2n) is 9.26. The van der Waals surface area contributed by atoms with Gasteiger partial charge in [0.05, 0.1) is 6.61 Å². The quantitative estimate of drug-likeness (QED) is 0.415. The molecule has 0 radical (unpaired) electrons. The zero-order valence-electron chi connectivity index (χ0n) is 17.8. The van der Waals surface area contributed by atoms with Crippen LogP contribution in [0.15, 0.2) is 12.1 Å². The molecular weight excluding hydrogens is 370 g/mol. The molecule has 2 fully saturated rings. The summed E-state index contributed by atoms with van der Waals surface area (Å²) in [6, 6.07) is 7.97. The average Bonchev–Trinajstić information content (AvgIpc) is 2.72. The fraction of sp³-hybridized carbons (Fsp3) is 0.750. The number of rotatable bonds is 8. The Morgan fingerprint density at radius 2 is 1.57 bits per heavy atom. The maximum Gasteiger partial charge on any atom is 0.200 e. The lowest BCUT2D eigenvalue weighted by Crippen LogP contribution is -2.29. The van der Waals surface area contributed by atoms with Crippen molar-refractivity contribution in [3.8, 4) is 5.75 Å². The molecule has 2 aliphatic rings. The van der Waals surface area contributed by atoms with Gasteiger partial charge in [0.25, 0.3) is 0 Å². The molecule has 28 heavy (non-hydrogen) atoms. The minimum atomic E-state index is -0.812. The zero-order valence-corrected chi connectivity index (χ0v) is 19.0. The van der Waals surface area contributed by atoms with E-state index in [1.54, 1.807) is 30.3 Å². The van der Waals surface area contributed by atoms with Crippen LogP contribution in [0.3, 0.4) is 0 Å². The summed E-state index contributed by atoms with van der Waals surface area (Å²) >= 11 is 0. The van der Waals surface area contributed by atoms with Gasteiger partial charge < -0.3 is 4.74 Å². The predicted molar refractivity (Wildman–Crippen MR) is 116 cm³/mol. The van der Waals surface area contributed by atoms with Gasteiger partial charge in [0, 0.05) is 8.80 Å². The summed E-state index contributed by atoms with van der Waals surface area (Å²) in [6.45, 7) is 4.82. The molecule has 3 rings (SSSR count). The highest BCUT2D eigenvalue weighted by atomic mass is 28.3. The number of hydrogen-bond donors (Lipinski definition) is 0. The topological polar surface area (TPSA) is 9.23 Å². The fourth-order valence-corrected chi connectivity index (χ4v) is 9.02. The summed E-state index contributed by atoms with van der Waals surface area (Å²) in [7, 11) is -0.381. The van der Waals surface area contributed by atoms with E-state index in [0.29, 0.717) is 24.5 Å². The van der Waals surface area contributed by atoms with Crippen LogP contribution >= 0.6 is 0 Å². The number of aryl methyl sites for hydroxylation is 1. The molecule has 0 N–H and O–H groups in total. The van der Waals surface area contributed by atoms with Crippen molar-refractivity contribution in [3.05, 3.63) is 29.3 Å². The lowest BCUT2D eigenvalue weighted by molar-refractivity contribution is 0.145. The standard InChI is InChI=1S/C24H38F2OSi/c1-3-5-21-10-11-22(24(26)23(21)25)27-17-18-6-8-19(9-7-18)20-12-15-28(14-4-2)16-13-20/h10-11,18-20,28H,3-9,12-17H2,1-2H3/t18-,19-,20?,28?. The molecular formula is C24H38F2OSi.